The summed E-state index contributed by atoms with van der Waals surface area (Å²) in [6.07, 6.45) is -0.937. The van der Waals surface area contributed by atoms with Crippen molar-refractivity contribution in [1.29, 1.82) is 0 Å². The standard InChI is InChI=1S/C62H73F2N10O13PS/c1-61(2,3)39-14-12-36(13-15-39)30-45(58(82)71-27-24-35(25-28-71)8-5-6-9-37-10-7-11-42-43(37)33-73(57(42)81)47-20-23-52(76)70-54(47)78)68-53(77)44(18-22-51(65)75)67-55(79)48-19-17-41-26-29-72(60(84)66-4)34-46(59(83)74(41)48)69-56(80)50-32-38-31-40(16-21-49(38)89-50)62(63,64)87-88(85)86/h7,10-16,21,31-32,35,41,44-48,85-86H,5,8,17-20,22-30,33-34H2,1-4H3,(H2,65,75)(H,66,84)(H,67,79)(H,68,77)(H,69,80)(H,70,76,78)/t41-,44+,45+,46+,47?,48+/m1/s1. The third-order valence-electron chi connectivity index (χ3n) is 17.2. The van der Waals surface area contributed by atoms with Gasteiger partial charge in [-0.2, -0.15) is 8.78 Å². The summed E-state index contributed by atoms with van der Waals surface area (Å²) in [5.41, 5.74) is 8.43. The summed E-state index contributed by atoms with van der Waals surface area (Å²) in [4.78, 5) is 160. The number of alkyl halides is 2. The number of nitrogens with two attached hydrogens (primary N) is 1. The number of urea groups is 1. The molecule has 11 amide bonds. The highest BCUT2D eigenvalue weighted by molar-refractivity contribution is 7.39. The third kappa shape index (κ3) is 15.6. The van der Waals surface area contributed by atoms with Gasteiger partial charge in [-0.1, -0.05) is 62.9 Å². The van der Waals surface area contributed by atoms with Crippen LogP contribution in [0.15, 0.2) is 66.7 Å². The molecule has 1 aromatic heterocycles. The Bertz CT molecular complexity index is 3490. The van der Waals surface area contributed by atoms with Crippen LogP contribution in [0.25, 0.3) is 10.1 Å². The fourth-order valence-corrected chi connectivity index (χ4v) is 13.5. The number of hydrogen-bond donors (Lipinski definition) is 8. The van der Waals surface area contributed by atoms with Gasteiger partial charge in [0, 0.05) is 80.8 Å². The largest absolute Gasteiger partial charge is 0.389 e. The summed E-state index contributed by atoms with van der Waals surface area (Å²) >= 11 is 0.920. The maximum absolute atomic E-state index is 14.9. The molecule has 6 heterocycles. The second-order valence-electron chi connectivity index (χ2n) is 24.2. The number of likely N-dealkylation sites (tertiary alicyclic amines) is 1. The van der Waals surface area contributed by atoms with E-state index in [-0.39, 0.29) is 104 Å². The lowest BCUT2D eigenvalue weighted by Gasteiger charge is -2.38. The SMILES string of the molecule is CNC(=O)N1CC[C@H]2CC[C@@H](C(=O)N[C@@H](CCC(N)=O)C(=O)N[C@@H](Cc3ccc(C(C)(C)C)cc3)C(=O)N3CCC(CCC#Cc4cccc5c4CN(C4CCC(=O)NC4=O)C5=O)CC3)N2C(=O)[C@@H](NC(=O)c2cc3cc(C(F)(F)OP(O)O)ccc3s2)C1. The Labute approximate surface area is 518 Å². The Morgan fingerprint density at radius 3 is 2.28 bits per heavy atom. The molecule has 1 unspecified atom stereocenters. The van der Waals surface area contributed by atoms with Gasteiger partial charge in [-0.15, -0.1) is 11.3 Å². The molecular formula is C62H73F2N10O13PS. The van der Waals surface area contributed by atoms with E-state index in [1.807, 2.05) is 30.3 Å². The molecule has 5 aliphatic heterocycles. The number of primary amides is 1. The zero-order chi connectivity index (χ0) is 64.1. The van der Waals surface area contributed by atoms with E-state index in [0.717, 1.165) is 46.6 Å². The molecule has 4 aromatic rings. The maximum Gasteiger partial charge on any atom is 0.389 e. The van der Waals surface area contributed by atoms with Crippen molar-refractivity contribution in [2.24, 2.45) is 11.7 Å². The average Bonchev–Trinajstić information content (AvgIpc) is 2.48. The van der Waals surface area contributed by atoms with Gasteiger partial charge in [0.1, 0.15) is 30.2 Å². The normalized spacial score (nSPS) is 20.6. The van der Waals surface area contributed by atoms with Gasteiger partial charge in [0.25, 0.3) is 11.8 Å². The van der Waals surface area contributed by atoms with Crippen molar-refractivity contribution < 1.29 is 71.0 Å². The highest BCUT2D eigenvalue weighted by atomic mass is 32.1. The number of hydrogen-bond acceptors (Lipinski definition) is 14. The number of carbonyl (C=O) groups excluding carboxylic acids is 10. The first-order valence-electron chi connectivity index (χ1n) is 29.7. The summed E-state index contributed by atoms with van der Waals surface area (Å²) in [6, 6.07) is 10.6. The molecule has 0 bridgehead atoms. The van der Waals surface area contributed by atoms with Crippen molar-refractivity contribution in [2.75, 3.05) is 33.2 Å². The van der Waals surface area contributed by atoms with Crippen LogP contribution < -0.4 is 32.3 Å². The van der Waals surface area contributed by atoms with Crippen molar-refractivity contribution in [3.8, 4) is 11.8 Å². The van der Waals surface area contributed by atoms with Crippen LogP contribution in [-0.2, 0) is 62.6 Å². The van der Waals surface area contributed by atoms with E-state index in [1.165, 1.54) is 33.9 Å². The van der Waals surface area contributed by atoms with E-state index in [1.54, 1.807) is 17.0 Å². The molecular weight excluding hydrogens is 1190 g/mol. The van der Waals surface area contributed by atoms with Gasteiger partial charge in [0.15, 0.2) is 0 Å². The molecule has 0 saturated carbocycles. The van der Waals surface area contributed by atoms with Gasteiger partial charge >= 0.3 is 20.7 Å². The Balaban J connectivity index is 0.874. The van der Waals surface area contributed by atoms with Crippen molar-refractivity contribution in [3.63, 3.8) is 0 Å². The number of imide groups is 1. The molecule has 5 aliphatic rings. The fraction of sp³-hybridized carbons (Fsp3) is 0.484. The highest BCUT2D eigenvalue weighted by Crippen LogP contribution is 2.43. The fourth-order valence-electron chi connectivity index (χ4n) is 12.3. The molecule has 23 nitrogen and oxygen atoms in total. The number of rotatable bonds is 18. The zero-order valence-corrected chi connectivity index (χ0v) is 51.5. The minimum absolute atomic E-state index is 0.00335. The predicted molar refractivity (Wildman–Crippen MR) is 323 cm³/mol. The minimum Gasteiger partial charge on any atom is -0.370 e. The van der Waals surface area contributed by atoms with Crippen LogP contribution in [0.5, 0.6) is 0 Å². The lowest BCUT2D eigenvalue weighted by Crippen LogP contribution is -2.62. The molecule has 6 atom stereocenters. The maximum atomic E-state index is 14.9. The van der Waals surface area contributed by atoms with Crippen molar-refractivity contribution in [1.82, 2.24) is 46.2 Å². The first kappa shape index (κ1) is 65.5. The van der Waals surface area contributed by atoms with Gasteiger partial charge in [-0.25, -0.2) is 9.32 Å². The number of nitrogens with zero attached hydrogens (tertiary/aromatic N) is 4. The molecule has 0 aliphatic carbocycles. The molecule has 27 heteroatoms. The van der Waals surface area contributed by atoms with E-state index in [4.69, 9.17) is 15.5 Å². The Hall–Kier alpha value is -7.95. The van der Waals surface area contributed by atoms with Crippen LogP contribution in [0.2, 0.25) is 0 Å². The first-order chi connectivity index (χ1) is 42.3. The molecule has 9 N–H and O–H groups in total. The molecule has 0 radical (unpaired) electrons. The molecule has 4 saturated heterocycles. The van der Waals surface area contributed by atoms with E-state index >= 15 is 0 Å². The van der Waals surface area contributed by atoms with E-state index in [9.17, 15) is 56.7 Å². The predicted octanol–water partition coefficient (Wildman–Crippen LogP) is 4.29. The molecule has 3 aromatic carbocycles. The first-order valence-corrected chi connectivity index (χ1v) is 31.7. The number of carbonyl (C=O) groups is 10. The number of piperidine rings is 2. The van der Waals surface area contributed by atoms with Gasteiger partial charge in [-0.05, 0) is 121 Å². The van der Waals surface area contributed by atoms with Crippen molar-refractivity contribution in [2.45, 2.75) is 152 Å². The Morgan fingerprint density at radius 1 is 0.876 bits per heavy atom. The summed E-state index contributed by atoms with van der Waals surface area (Å²) in [5.74, 6) is 1.44. The second kappa shape index (κ2) is 27.8. The van der Waals surface area contributed by atoms with E-state index < -0.39 is 98.0 Å². The van der Waals surface area contributed by atoms with Gasteiger partial charge in [0.2, 0.25) is 41.4 Å². The molecule has 474 valence electrons. The number of nitrogens with one attached hydrogen (secondary N) is 5. The summed E-state index contributed by atoms with van der Waals surface area (Å²) < 4.78 is 33.7. The average molecular weight is 1270 g/mol. The van der Waals surface area contributed by atoms with Gasteiger partial charge < -0.3 is 56.4 Å². The van der Waals surface area contributed by atoms with Crippen LogP contribution in [-0.4, -0.2) is 158 Å². The topological polar surface area (TPSA) is 320 Å². The van der Waals surface area contributed by atoms with Crippen molar-refractivity contribution in [3.05, 3.63) is 105 Å². The quantitative estimate of drug-likeness (QED) is 0.0392. The smallest absolute Gasteiger partial charge is 0.370 e. The summed E-state index contributed by atoms with van der Waals surface area (Å²) in [7, 11) is -2.00. The van der Waals surface area contributed by atoms with Crippen LogP contribution in [0.4, 0.5) is 13.6 Å². The number of thiophene rings is 1. The van der Waals surface area contributed by atoms with Crippen LogP contribution in [0.1, 0.15) is 139 Å². The number of amides is 11. The monoisotopic (exact) mass is 1270 g/mol. The second-order valence-corrected chi connectivity index (χ2v) is 25.9. The molecule has 4 fully saturated rings. The van der Waals surface area contributed by atoms with Crippen LogP contribution in [0, 0.1) is 17.8 Å². The highest BCUT2D eigenvalue weighted by Gasteiger charge is 2.47. The Morgan fingerprint density at radius 2 is 1.60 bits per heavy atom. The summed E-state index contributed by atoms with van der Waals surface area (Å²) in [5, 5.41) is 13.4. The van der Waals surface area contributed by atoms with Crippen LogP contribution >= 0.6 is 19.9 Å². The van der Waals surface area contributed by atoms with Crippen molar-refractivity contribution >= 4 is 89.2 Å². The molecule has 0 spiro atoms. The number of fused-ring (bicyclic) bond motifs is 3. The summed E-state index contributed by atoms with van der Waals surface area (Å²) in [6.45, 7) is 6.99. The lowest BCUT2D eigenvalue weighted by atomic mass is 9.86. The lowest BCUT2D eigenvalue weighted by molar-refractivity contribution is -0.189. The number of halogens is 2. The number of benzene rings is 3. The Kier molecular flexibility index (Phi) is 20.5. The molecule has 9 rings (SSSR count). The van der Waals surface area contributed by atoms with E-state index in [0.29, 0.717) is 54.6 Å². The van der Waals surface area contributed by atoms with Gasteiger partial charge in [-0.3, -0.25) is 48.5 Å². The molecule has 89 heavy (non-hydrogen) atoms. The third-order valence-corrected chi connectivity index (χ3v) is 18.7. The van der Waals surface area contributed by atoms with E-state index in [2.05, 4.69) is 63.7 Å². The minimum atomic E-state index is -4.07. The van der Waals surface area contributed by atoms with Gasteiger partial charge in [0.05, 0.1) is 17.0 Å². The zero-order valence-electron chi connectivity index (χ0n) is 49.8. The van der Waals surface area contributed by atoms with Crippen LogP contribution in [0.3, 0.4) is 0 Å².